The van der Waals surface area contributed by atoms with Crippen molar-refractivity contribution in [1.29, 1.82) is 0 Å². The van der Waals surface area contributed by atoms with Gasteiger partial charge in [0, 0.05) is 87.0 Å². The summed E-state index contributed by atoms with van der Waals surface area (Å²) < 4.78 is 3.59. The van der Waals surface area contributed by atoms with E-state index in [1.807, 2.05) is 66.3 Å². The van der Waals surface area contributed by atoms with E-state index in [1.54, 1.807) is 10.9 Å². The number of amides is 1. The minimum atomic E-state index is 0.220. The Kier molecular flexibility index (Phi) is 6.12. The summed E-state index contributed by atoms with van der Waals surface area (Å²) in [5.74, 6) is 1.13. The predicted molar refractivity (Wildman–Crippen MR) is 137 cm³/mol. The third-order valence-electron chi connectivity index (χ3n) is 6.47. The molecule has 0 aromatic carbocycles. The normalized spacial score (nSPS) is 14.3. The predicted octanol–water partition coefficient (Wildman–Crippen LogP) is 1.98. The molecule has 0 atom stereocenters. The Morgan fingerprint density at radius 3 is 2.46 bits per heavy atom. The number of nitrogens with two attached hydrogens (primary N) is 1. The SMILES string of the molecule is CN(C)CCC(=O)N1CCN(c2ccc(-c3cc(-c4cnn(C)c4)cn4ncc(N)c34)cn2)CC1. The molecule has 1 amide bonds. The monoisotopic (exact) mass is 473 g/mol. The number of carbonyl (C=O) groups is 1. The lowest BCUT2D eigenvalue weighted by Gasteiger charge is -2.35. The van der Waals surface area contributed by atoms with Gasteiger partial charge in [0.1, 0.15) is 5.82 Å². The smallest absolute Gasteiger partial charge is 0.223 e. The largest absolute Gasteiger partial charge is 0.396 e. The van der Waals surface area contributed by atoms with Gasteiger partial charge in [-0.15, -0.1) is 0 Å². The summed E-state index contributed by atoms with van der Waals surface area (Å²) in [4.78, 5) is 23.4. The molecule has 1 aliphatic rings. The second-order valence-electron chi connectivity index (χ2n) is 9.26. The number of anilines is 2. The number of hydrogen-bond donors (Lipinski definition) is 1. The van der Waals surface area contributed by atoms with Crippen molar-refractivity contribution in [2.45, 2.75) is 6.42 Å². The number of piperazine rings is 1. The standard InChI is InChI=1S/C25H31N9O/c1-30(2)7-6-24(35)33-10-8-32(9-11-33)23-5-4-18(13-27-23)21-12-19(20-14-28-31(3)16-20)17-34-25(21)22(26)15-29-34/h4-5,12-17H,6-11,26H2,1-3H3. The molecule has 10 heteroatoms. The molecule has 0 unspecified atom stereocenters. The topological polar surface area (TPSA) is 101 Å². The van der Waals surface area contributed by atoms with Gasteiger partial charge in [0.05, 0.1) is 23.6 Å². The molecule has 5 heterocycles. The summed E-state index contributed by atoms with van der Waals surface area (Å²) in [7, 11) is 5.88. The lowest BCUT2D eigenvalue weighted by atomic mass is 10.0. The summed E-state index contributed by atoms with van der Waals surface area (Å²) in [6, 6.07) is 6.23. The van der Waals surface area contributed by atoms with Crippen LogP contribution in [0.1, 0.15) is 6.42 Å². The average Bonchev–Trinajstić information content (AvgIpc) is 3.48. The first-order chi connectivity index (χ1) is 16.9. The van der Waals surface area contributed by atoms with Crippen molar-refractivity contribution in [2.24, 2.45) is 7.05 Å². The molecule has 2 N–H and O–H groups in total. The summed E-state index contributed by atoms with van der Waals surface area (Å²) >= 11 is 0. The van der Waals surface area contributed by atoms with Crippen LogP contribution in [0.2, 0.25) is 0 Å². The zero-order chi connectivity index (χ0) is 24.5. The second-order valence-corrected chi connectivity index (χ2v) is 9.26. The quantitative estimate of drug-likeness (QED) is 0.457. The molecule has 1 aliphatic heterocycles. The number of rotatable bonds is 6. The first-order valence-electron chi connectivity index (χ1n) is 11.8. The maximum Gasteiger partial charge on any atom is 0.223 e. The highest BCUT2D eigenvalue weighted by atomic mass is 16.2. The van der Waals surface area contributed by atoms with Crippen LogP contribution in [-0.2, 0) is 11.8 Å². The van der Waals surface area contributed by atoms with E-state index in [1.165, 1.54) is 0 Å². The van der Waals surface area contributed by atoms with Gasteiger partial charge in [-0.25, -0.2) is 9.50 Å². The van der Waals surface area contributed by atoms with Crippen molar-refractivity contribution in [3.05, 3.63) is 49.2 Å². The maximum absolute atomic E-state index is 12.4. The summed E-state index contributed by atoms with van der Waals surface area (Å²) in [5, 5.41) is 8.73. The highest BCUT2D eigenvalue weighted by molar-refractivity contribution is 5.91. The van der Waals surface area contributed by atoms with Gasteiger partial charge >= 0.3 is 0 Å². The molecule has 1 fully saturated rings. The molecule has 4 aromatic heterocycles. The van der Waals surface area contributed by atoms with Crippen LogP contribution < -0.4 is 10.6 Å². The van der Waals surface area contributed by atoms with Gasteiger partial charge in [0.15, 0.2) is 0 Å². The summed E-state index contributed by atoms with van der Waals surface area (Å²) in [6.45, 7) is 3.76. The van der Waals surface area contributed by atoms with E-state index < -0.39 is 0 Å². The number of aryl methyl sites for hydroxylation is 1. The van der Waals surface area contributed by atoms with Gasteiger partial charge in [0.2, 0.25) is 5.91 Å². The fourth-order valence-electron chi connectivity index (χ4n) is 4.49. The van der Waals surface area contributed by atoms with Crippen LogP contribution >= 0.6 is 0 Å². The number of aromatic nitrogens is 5. The van der Waals surface area contributed by atoms with Gasteiger partial charge in [-0.05, 0) is 32.3 Å². The first kappa shape index (κ1) is 22.9. The Hall–Kier alpha value is -3.92. The zero-order valence-electron chi connectivity index (χ0n) is 20.4. The molecule has 0 aliphatic carbocycles. The molecular weight excluding hydrogens is 442 g/mol. The minimum absolute atomic E-state index is 0.220. The van der Waals surface area contributed by atoms with Crippen LogP contribution in [0, 0.1) is 0 Å². The maximum atomic E-state index is 12.4. The first-order valence-corrected chi connectivity index (χ1v) is 11.8. The van der Waals surface area contributed by atoms with Gasteiger partial charge in [0.25, 0.3) is 0 Å². The molecule has 4 aromatic rings. The van der Waals surface area contributed by atoms with E-state index in [0.29, 0.717) is 12.1 Å². The lowest BCUT2D eigenvalue weighted by molar-refractivity contribution is -0.131. The zero-order valence-corrected chi connectivity index (χ0v) is 20.4. The fourth-order valence-corrected chi connectivity index (χ4v) is 4.49. The van der Waals surface area contributed by atoms with Crippen molar-refractivity contribution in [3.8, 4) is 22.3 Å². The molecule has 35 heavy (non-hydrogen) atoms. The summed E-state index contributed by atoms with van der Waals surface area (Å²) in [6.07, 6.45) is 9.90. The average molecular weight is 474 g/mol. The Morgan fingerprint density at radius 2 is 1.80 bits per heavy atom. The molecule has 0 bridgehead atoms. The minimum Gasteiger partial charge on any atom is -0.396 e. The van der Waals surface area contributed by atoms with Crippen molar-refractivity contribution >= 4 is 22.9 Å². The number of pyridine rings is 2. The van der Waals surface area contributed by atoms with Crippen molar-refractivity contribution in [1.82, 2.24) is 34.2 Å². The van der Waals surface area contributed by atoms with E-state index >= 15 is 0 Å². The van der Waals surface area contributed by atoms with Crippen LogP contribution in [0.4, 0.5) is 11.5 Å². The van der Waals surface area contributed by atoms with Crippen LogP contribution in [0.25, 0.3) is 27.8 Å². The van der Waals surface area contributed by atoms with E-state index in [9.17, 15) is 4.79 Å². The molecule has 10 nitrogen and oxygen atoms in total. The van der Waals surface area contributed by atoms with Gasteiger partial charge in [-0.1, -0.05) is 0 Å². The van der Waals surface area contributed by atoms with E-state index in [4.69, 9.17) is 10.7 Å². The van der Waals surface area contributed by atoms with Gasteiger partial charge in [-0.2, -0.15) is 10.2 Å². The molecule has 0 radical (unpaired) electrons. The molecule has 5 rings (SSSR count). The summed E-state index contributed by atoms with van der Waals surface area (Å²) in [5.41, 5.74) is 11.7. The van der Waals surface area contributed by atoms with Crippen molar-refractivity contribution in [2.75, 3.05) is 57.5 Å². The number of fused-ring (bicyclic) bond motifs is 1. The second kappa shape index (κ2) is 9.38. The van der Waals surface area contributed by atoms with Crippen molar-refractivity contribution < 1.29 is 4.79 Å². The Bertz CT molecular complexity index is 1330. The number of nitrogens with zero attached hydrogens (tertiary/aromatic N) is 8. The molecule has 0 spiro atoms. The highest BCUT2D eigenvalue weighted by Gasteiger charge is 2.22. The number of carbonyl (C=O) groups excluding carboxylic acids is 1. The third-order valence-corrected chi connectivity index (χ3v) is 6.47. The van der Waals surface area contributed by atoms with Crippen LogP contribution in [-0.4, -0.2) is 86.9 Å². The highest BCUT2D eigenvalue weighted by Crippen LogP contribution is 2.33. The number of nitrogen functional groups attached to an aromatic ring is 1. The fraction of sp³-hybridized carbons (Fsp3) is 0.360. The van der Waals surface area contributed by atoms with Crippen molar-refractivity contribution in [3.63, 3.8) is 0 Å². The van der Waals surface area contributed by atoms with E-state index in [2.05, 4.69) is 27.2 Å². The third kappa shape index (κ3) is 4.69. The Labute approximate surface area is 204 Å². The molecule has 182 valence electrons. The van der Waals surface area contributed by atoms with Gasteiger partial charge in [-0.3, -0.25) is 9.48 Å². The molecule has 0 saturated carbocycles. The van der Waals surface area contributed by atoms with E-state index in [0.717, 1.165) is 66.3 Å². The number of hydrogen-bond acceptors (Lipinski definition) is 7. The molecular formula is C25H31N9O. The molecule has 1 saturated heterocycles. The Morgan fingerprint density at radius 1 is 1.00 bits per heavy atom. The van der Waals surface area contributed by atoms with Crippen LogP contribution in [0.3, 0.4) is 0 Å². The van der Waals surface area contributed by atoms with E-state index in [-0.39, 0.29) is 5.91 Å². The van der Waals surface area contributed by atoms with Crippen LogP contribution in [0.15, 0.2) is 49.2 Å². The van der Waals surface area contributed by atoms with Gasteiger partial charge < -0.3 is 20.4 Å². The lowest BCUT2D eigenvalue weighted by Crippen LogP contribution is -2.49. The Balaban J connectivity index is 1.35. The van der Waals surface area contributed by atoms with Crippen LogP contribution in [0.5, 0.6) is 0 Å².